The summed E-state index contributed by atoms with van der Waals surface area (Å²) in [4.78, 5) is 26.0. The predicted octanol–water partition coefficient (Wildman–Crippen LogP) is 4.91. The molecule has 3 rings (SSSR count). The van der Waals surface area contributed by atoms with Crippen LogP contribution < -0.4 is 10.1 Å². The summed E-state index contributed by atoms with van der Waals surface area (Å²) in [5.74, 6) is -1.43. The molecule has 1 aliphatic rings. The summed E-state index contributed by atoms with van der Waals surface area (Å²) in [6.07, 6.45) is -2.25. The summed E-state index contributed by atoms with van der Waals surface area (Å²) in [6, 6.07) is 8.83. The van der Waals surface area contributed by atoms with E-state index < -0.39 is 17.9 Å². The van der Waals surface area contributed by atoms with Gasteiger partial charge in [-0.1, -0.05) is 25.1 Å². The van der Waals surface area contributed by atoms with E-state index in [1.54, 1.807) is 18.9 Å². The molecule has 172 valence electrons. The standard InChI is InChI=1S/C23H24F4N2O3/c1-3-21(30)28-16-7-8-17(13-16)29(2)22(31)15-6-11-19(20(24)12-15)14-4-9-18(10-5-14)32-23(25,26)27/h4-6,9-12,16-17H,3,7-8,13H2,1-2H3,(H,28,30)/t16-,17+/m0/s1. The smallest absolute Gasteiger partial charge is 0.406 e. The Hall–Kier alpha value is -3.10. The van der Waals surface area contributed by atoms with Gasteiger partial charge in [-0.3, -0.25) is 9.59 Å². The quantitative estimate of drug-likeness (QED) is 0.634. The number of carbonyl (C=O) groups is 2. The molecule has 1 saturated carbocycles. The molecule has 2 amide bonds. The Morgan fingerprint density at radius 2 is 1.81 bits per heavy atom. The van der Waals surface area contributed by atoms with Crippen LogP contribution in [0.15, 0.2) is 42.5 Å². The van der Waals surface area contributed by atoms with Gasteiger partial charge in [-0.25, -0.2) is 4.39 Å². The minimum Gasteiger partial charge on any atom is -0.406 e. The van der Waals surface area contributed by atoms with E-state index in [0.717, 1.165) is 31.0 Å². The van der Waals surface area contributed by atoms with E-state index in [1.807, 2.05) is 0 Å². The summed E-state index contributed by atoms with van der Waals surface area (Å²) in [5.41, 5.74) is 0.687. The number of benzene rings is 2. The van der Waals surface area contributed by atoms with E-state index >= 15 is 0 Å². The molecule has 32 heavy (non-hydrogen) atoms. The lowest BCUT2D eigenvalue weighted by Gasteiger charge is -2.25. The van der Waals surface area contributed by atoms with E-state index in [-0.39, 0.29) is 35.0 Å². The van der Waals surface area contributed by atoms with E-state index in [0.29, 0.717) is 18.4 Å². The van der Waals surface area contributed by atoms with Crippen molar-refractivity contribution >= 4 is 11.8 Å². The van der Waals surface area contributed by atoms with Crippen molar-refractivity contribution in [3.63, 3.8) is 0 Å². The van der Waals surface area contributed by atoms with Crippen LogP contribution in [-0.2, 0) is 4.79 Å². The van der Waals surface area contributed by atoms with Gasteiger partial charge < -0.3 is 15.0 Å². The summed E-state index contributed by atoms with van der Waals surface area (Å²) in [6.45, 7) is 1.78. The minimum absolute atomic E-state index is 0.0195. The monoisotopic (exact) mass is 452 g/mol. The molecule has 0 saturated heterocycles. The maximum Gasteiger partial charge on any atom is 0.573 e. The van der Waals surface area contributed by atoms with Gasteiger partial charge in [0.1, 0.15) is 11.6 Å². The third-order valence-electron chi connectivity index (χ3n) is 5.57. The molecule has 0 unspecified atom stereocenters. The van der Waals surface area contributed by atoms with Crippen molar-refractivity contribution in [2.45, 2.75) is 51.1 Å². The fourth-order valence-corrected chi connectivity index (χ4v) is 3.86. The van der Waals surface area contributed by atoms with Gasteiger partial charge in [0.2, 0.25) is 5.91 Å². The van der Waals surface area contributed by atoms with Crippen LogP contribution in [0.2, 0.25) is 0 Å². The number of nitrogens with zero attached hydrogens (tertiary/aromatic N) is 1. The first-order valence-electron chi connectivity index (χ1n) is 10.3. The zero-order valence-electron chi connectivity index (χ0n) is 17.7. The first-order chi connectivity index (χ1) is 15.1. The summed E-state index contributed by atoms with van der Waals surface area (Å²) < 4.78 is 55.4. The van der Waals surface area contributed by atoms with Crippen molar-refractivity contribution < 1.29 is 31.9 Å². The fraction of sp³-hybridized carbons (Fsp3) is 0.391. The highest BCUT2D eigenvalue weighted by Crippen LogP contribution is 2.29. The van der Waals surface area contributed by atoms with Crippen molar-refractivity contribution in [3.8, 4) is 16.9 Å². The summed E-state index contributed by atoms with van der Waals surface area (Å²) >= 11 is 0. The Labute approximate surface area is 183 Å². The Morgan fingerprint density at radius 1 is 1.12 bits per heavy atom. The highest BCUT2D eigenvalue weighted by atomic mass is 19.4. The third kappa shape index (κ3) is 5.77. The largest absolute Gasteiger partial charge is 0.573 e. The summed E-state index contributed by atoms with van der Waals surface area (Å²) in [5, 5.41) is 2.93. The highest BCUT2D eigenvalue weighted by molar-refractivity contribution is 5.95. The van der Waals surface area contributed by atoms with Gasteiger partial charge in [-0.05, 0) is 49.1 Å². The van der Waals surface area contributed by atoms with E-state index in [2.05, 4.69) is 10.1 Å². The van der Waals surface area contributed by atoms with Crippen molar-refractivity contribution in [3.05, 3.63) is 53.8 Å². The Balaban J connectivity index is 1.68. The predicted molar refractivity (Wildman–Crippen MR) is 110 cm³/mol. The second kappa shape index (κ2) is 9.58. The van der Waals surface area contributed by atoms with Crippen LogP contribution in [0.3, 0.4) is 0 Å². The van der Waals surface area contributed by atoms with Crippen LogP contribution in [0.4, 0.5) is 17.6 Å². The lowest BCUT2D eigenvalue weighted by Crippen LogP contribution is -2.38. The topological polar surface area (TPSA) is 58.6 Å². The van der Waals surface area contributed by atoms with Crippen LogP contribution in [0.5, 0.6) is 5.75 Å². The molecule has 1 aliphatic carbocycles. The molecule has 0 radical (unpaired) electrons. The average Bonchev–Trinajstić information content (AvgIpc) is 3.20. The molecule has 0 bridgehead atoms. The third-order valence-corrected chi connectivity index (χ3v) is 5.57. The number of alkyl halides is 3. The molecule has 9 heteroatoms. The number of ether oxygens (including phenoxy) is 1. The fourth-order valence-electron chi connectivity index (χ4n) is 3.86. The number of rotatable bonds is 6. The number of amides is 2. The Bertz CT molecular complexity index is 976. The van der Waals surface area contributed by atoms with Crippen molar-refractivity contribution in [2.75, 3.05) is 7.05 Å². The van der Waals surface area contributed by atoms with E-state index in [1.165, 1.54) is 24.3 Å². The van der Waals surface area contributed by atoms with Gasteiger partial charge in [0.05, 0.1) is 0 Å². The maximum atomic E-state index is 14.7. The molecule has 2 atom stereocenters. The molecule has 2 aromatic rings. The lowest BCUT2D eigenvalue weighted by atomic mass is 10.0. The van der Waals surface area contributed by atoms with Crippen molar-refractivity contribution in [1.82, 2.24) is 10.2 Å². The molecule has 0 spiro atoms. The molecule has 5 nitrogen and oxygen atoms in total. The molecular weight excluding hydrogens is 428 g/mol. The molecule has 0 aromatic heterocycles. The number of carbonyl (C=O) groups excluding carboxylic acids is 2. The molecule has 1 N–H and O–H groups in total. The first-order valence-corrected chi connectivity index (χ1v) is 10.3. The zero-order valence-corrected chi connectivity index (χ0v) is 17.7. The molecule has 0 heterocycles. The Morgan fingerprint density at radius 3 is 2.41 bits per heavy atom. The summed E-state index contributed by atoms with van der Waals surface area (Å²) in [7, 11) is 1.65. The van der Waals surface area contributed by atoms with Crippen LogP contribution in [0.1, 0.15) is 43.0 Å². The second-order valence-corrected chi connectivity index (χ2v) is 7.77. The van der Waals surface area contributed by atoms with Gasteiger partial charge in [-0.15, -0.1) is 13.2 Å². The molecular formula is C23H24F4N2O3. The van der Waals surface area contributed by atoms with E-state index in [9.17, 15) is 27.2 Å². The lowest BCUT2D eigenvalue weighted by molar-refractivity contribution is -0.274. The number of hydrogen-bond acceptors (Lipinski definition) is 3. The average molecular weight is 452 g/mol. The van der Waals surface area contributed by atoms with Crippen LogP contribution in [-0.4, -0.2) is 42.2 Å². The van der Waals surface area contributed by atoms with Crippen molar-refractivity contribution in [1.29, 1.82) is 0 Å². The number of hydrogen-bond donors (Lipinski definition) is 1. The molecule has 1 fully saturated rings. The normalized spacial score (nSPS) is 18.3. The number of halogens is 4. The zero-order chi connectivity index (χ0) is 23.5. The Kier molecular flexibility index (Phi) is 7.06. The van der Waals surface area contributed by atoms with Crippen LogP contribution >= 0.6 is 0 Å². The second-order valence-electron chi connectivity index (χ2n) is 7.77. The van der Waals surface area contributed by atoms with E-state index in [4.69, 9.17) is 0 Å². The van der Waals surface area contributed by atoms with Gasteiger partial charge in [0.25, 0.3) is 5.91 Å². The van der Waals surface area contributed by atoms with Crippen molar-refractivity contribution in [2.24, 2.45) is 0 Å². The van der Waals surface area contributed by atoms with Gasteiger partial charge in [0.15, 0.2) is 0 Å². The molecule has 2 aromatic carbocycles. The molecule has 0 aliphatic heterocycles. The minimum atomic E-state index is -4.80. The van der Waals surface area contributed by atoms with Gasteiger partial charge in [0, 0.05) is 36.7 Å². The maximum absolute atomic E-state index is 14.7. The van der Waals surface area contributed by atoms with Gasteiger partial charge in [-0.2, -0.15) is 0 Å². The first kappa shape index (κ1) is 23.6. The number of nitrogens with one attached hydrogen (secondary N) is 1. The van der Waals surface area contributed by atoms with Gasteiger partial charge >= 0.3 is 6.36 Å². The van der Waals surface area contributed by atoms with Crippen LogP contribution in [0.25, 0.3) is 11.1 Å². The highest BCUT2D eigenvalue weighted by Gasteiger charge is 2.32. The van der Waals surface area contributed by atoms with Crippen LogP contribution in [0, 0.1) is 5.82 Å². The SMILES string of the molecule is CCC(=O)N[C@H]1CC[C@@H](N(C)C(=O)c2ccc(-c3ccc(OC(F)(F)F)cc3)c(F)c2)C1.